The summed E-state index contributed by atoms with van der Waals surface area (Å²) in [6.07, 6.45) is 0. The van der Waals surface area contributed by atoms with Gasteiger partial charge in [-0.05, 0) is 54.4 Å². The molecule has 9 heteroatoms. The van der Waals surface area contributed by atoms with Gasteiger partial charge in [-0.15, -0.1) is 0 Å². The Bertz CT molecular complexity index is 1030. The molecule has 1 saturated heterocycles. The van der Waals surface area contributed by atoms with Crippen molar-refractivity contribution in [3.63, 3.8) is 0 Å². The van der Waals surface area contributed by atoms with Gasteiger partial charge in [-0.25, -0.2) is 16.8 Å². The number of benzene rings is 2. The lowest BCUT2D eigenvalue weighted by Gasteiger charge is -2.37. The molecule has 0 N–H and O–H groups in total. The Morgan fingerprint density at radius 1 is 0.964 bits per heavy atom. The predicted octanol–water partition coefficient (Wildman–Crippen LogP) is 3.22. The summed E-state index contributed by atoms with van der Waals surface area (Å²) in [6.45, 7) is 4.45. The maximum atomic E-state index is 12.7. The molecule has 3 rings (SSSR count). The number of hydrogen-bond donors (Lipinski definition) is 0. The van der Waals surface area contributed by atoms with Gasteiger partial charge in [-0.2, -0.15) is 4.31 Å². The van der Waals surface area contributed by atoms with E-state index in [0.29, 0.717) is 23.3 Å². The molecule has 0 aromatic heterocycles. The zero-order valence-corrected chi connectivity index (χ0v) is 18.0. The van der Waals surface area contributed by atoms with E-state index in [1.165, 1.54) is 40.7 Å². The number of sulfone groups is 1. The molecule has 1 heterocycles. The normalized spacial score (nSPS) is 16.1. The van der Waals surface area contributed by atoms with Gasteiger partial charge >= 0.3 is 0 Å². The Hall–Kier alpha value is -1.61. The van der Waals surface area contributed by atoms with Crippen LogP contribution in [0.25, 0.3) is 0 Å². The Labute approximate surface area is 171 Å². The largest absolute Gasteiger partial charge is 0.493 e. The number of ether oxygens (including phenoxy) is 1. The van der Waals surface area contributed by atoms with Gasteiger partial charge in [-0.1, -0.05) is 25.4 Å². The van der Waals surface area contributed by atoms with E-state index in [0.717, 1.165) is 0 Å². The van der Waals surface area contributed by atoms with Crippen molar-refractivity contribution in [3.05, 3.63) is 53.6 Å². The molecule has 2 aromatic carbocycles. The highest BCUT2D eigenvalue weighted by Gasteiger charge is 2.44. The summed E-state index contributed by atoms with van der Waals surface area (Å²) in [4.78, 5) is 0.261. The molecule has 0 saturated carbocycles. The van der Waals surface area contributed by atoms with E-state index >= 15 is 0 Å². The van der Waals surface area contributed by atoms with Crippen LogP contribution in [0.15, 0.2) is 58.3 Å². The second-order valence-corrected chi connectivity index (χ2v) is 11.7. The molecule has 0 aliphatic carbocycles. The lowest BCUT2D eigenvalue weighted by atomic mass is 10.2. The SMILES string of the molecule is CC(C)COc1ccc(S(=O)(=O)N2CC(S(=O)(=O)c3ccc(Cl)cc3)C2)cc1. The second-order valence-electron chi connectivity index (χ2n) is 7.12. The number of sulfonamides is 1. The van der Waals surface area contributed by atoms with Crippen molar-refractivity contribution in [2.45, 2.75) is 28.9 Å². The van der Waals surface area contributed by atoms with Crippen molar-refractivity contribution >= 4 is 31.5 Å². The highest BCUT2D eigenvalue weighted by molar-refractivity contribution is 7.92. The van der Waals surface area contributed by atoms with E-state index in [1.54, 1.807) is 12.1 Å². The van der Waals surface area contributed by atoms with Crippen LogP contribution in [-0.2, 0) is 19.9 Å². The van der Waals surface area contributed by atoms with Gasteiger partial charge in [0.25, 0.3) is 0 Å². The first kappa shape index (κ1) is 21.1. The van der Waals surface area contributed by atoms with Crippen molar-refractivity contribution in [1.29, 1.82) is 0 Å². The lowest BCUT2D eigenvalue weighted by Crippen LogP contribution is -2.56. The highest BCUT2D eigenvalue weighted by Crippen LogP contribution is 2.30. The van der Waals surface area contributed by atoms with Gasteiger partial charge in [0.05, 0.1) is 21.6 Å². The first-order valence-corrected chi connectivity index (χ1v) is 12.2. The molecule has 0 unspecified atom stereocenters. The van der Waals surface area contributed by atoms with E-state index in [-0.39, 0.29) is 22.9 Å². The minimum atomic E-state index is -3.74. The summed E-state index contributed by atoms with van der Waals surface area (Å²) in [6, 6.07) is 12.1. The van der Waals surface area contributed by atoms with E-state index in [2.05, 4.69) is 0 Å². The predicted molar refractivity (Wildman–Crippen MR) is 108 cm³/mol. The maximum absolute atomic E-state index is 12.7. The fourth-order valence-corrected chi connectivity index (χ4v) is 6.23. The fourth-order valence-electron chi connectivity index (χ4n) is 2.73. The zero-order chi connectivity index (χ0) is 20.5. The van der Waals surface area contributed by atoms with Crippen LogP contribution in [0.4, 0.5) is 0 Å². The van der Waals surface area contributed by atoms with E-state index in [1.807, 2.05) is 13.8 Å². The van der Waals surface area contributed by atoms with Gasteiger partial charge in [-0.3, -0.25) is 0 Å². The van der Waals surface area contributed by atoms with E-state index < -0.39 is 25.1 Å². The van der Waals surface area contributed by atoms with Crippen LogP contribution in [-0.4, -0.2) is 46.1 Å². The Morgan fingerprint density at radius 2 is 1.50 bits per heavy atom. The molecule has 0 atom stereocenters. The number of rotatable bonds is 7. The molecule has 0 spiro atoms. The molecule has 28 heavy (non-hydrogen) atoms. The minimum Gasteiger partial charge on any atom is -0.493 e. The molecule has 1 fully saturated rings. The van der Waals surface area contributed by atoms with Gasteiger partial charge in [0.2, 0.25) is 10.0 Å². The average molecular weight is 444 g/mol. The third kappa shape index (κ3) is 4.35. The van der Waals surface area contributed by atoms with Crippen LogP contribution in [0.2, 0.25) is 5.02 Å². The molecule has 1 aliphatic heterocycles. The number of halogens is 1. The summed E-state index contributed by atoms with van der Waals surface area (Å²) < 4.78 is 57.4. The lowest BCUT2D eigenvalue weighted by molar-refractivity contribution is 0.271. The fraction of sp³-hybridized carbons (Fsp3) is 0.368. The molecule has 152 valence electrons. The van der Waals surface area contributed by atoms with Crippen molar-refractivity contribution in [1.82, 2.24) is 4.31 Å². The number of hydrogen-bond acceptors (Lipinski definition) is 5. The van der Waals surface area contributed by atoms with Gasteiger partial charge < -0.3 is 4.74 Å². The molecule has 0 radical (unpaired) electrons. The maximum Gasteiger partial charge on any atom is 0.243 e. The topological polar surface area (TPSA) is 80.8 Å². The summed E-state index contributed by atoms with van der Waals surface area (Å²) in [5.41, 5.74) is 0. The van der Waals surface area contributed by atoms with Crippen LogP contribution in [0.1, 0.15) is 13.8 Å². The summed E-state index contributed by atoms with van der Waals surface area (Å²) in [5, 5.41) is -0.324. The van der Waals surface area contributed by atoms with Gasteiger partial charge in [0.15, 0.2) is 9.84 Å². The quantitative estimate of drug-likeness (QED) is 0.656. The molecular formula is C19H22ClNO5S2. The minimum absolute atomic E-state index is 0.0705. The van der Waals surface area contributed by atoms with Gasteiger partial charge in [0.1, 0.15) is 5.75 Å². The Kier molecular flexibility index (Phi) is 6.05. The molecule has 6 nitrogen and oxygen atoms in total. The first-order valence-electron chi connectivity index (χ1n) is 8.83. The molecular weight excluding hydrogens is 422 g/mol. The first-order chi connectivity index (χ1) is 13.1. The van der Waals surface area contributed by atoms with Crippen LogP contribution < -0.4 is 4.74 Å². The van der Waals surface area contributed by atoms with Crippen LogP contribution in [0.3, 0.4) is 0 Å². The van der Waals surface area contributed by atoms with E-state index in [9.17, 15) is 16.8 Å². The molecule has 2 aromatic rings. The monoisotopic (exact) mass is 443 g/mol. The van der Waals surface area contributed by atoms with E-state index in [4.69, 9.17) is 16.3 Å². The van der Waals surface area contributed by atoms with Crippen molar-refractivity contribution in [2.24, 2.45) is 5.92 Å². The Morgan fingerprint density at radius 3 is 2.04 bits per heavy atom. The summed E-state index contributed by atoms with van der Waals surface area (Å²) in [7, 11) is -7.34. The van der Waals surface area contributed by atoms with Crippen molar-refractivity contribution < 1.29 is 21.6 Å². The average Bonchev–Trinajstić information content (AvgIpc) is 2.59. The van der Waals surface area contributed by atoms with Crippen molar-refractivity contribution in [2.75, 3.05) is 19.7 Å². The smallest absolute Gasteiger partial charge is 0.243 e. The molecule has 0 amide bonds. The standard InChI is InChI=1S/C19H22ClNO5S2/c1-14(2)13-26-16-5-9-18(10-6-16)28(24,25)21-11-19(12-21)27(22,23)17-7-3-15(20)4-8-17/h3-10,14,19H,11-13H2,1-2H3. The molecule has 0 bridgehead atoms. The Balaban J connectivity index is 1.68. The zero-order valence-electron chi connectivity index (χ0n) is 15.6. The summed E-state index contributed by atoms with van der Waals surface area (Å²) in [5.74, 6) is 0.962. The molecule has 1 aliphatic rings. The highest BCUT2D eigenvalue weighted by atomic mass is 35.5. The third-order valence-corrected chi connectivity index (χ3v) is 8.64. The number of nitrogens with zero attached hydrogens (tertiary/aromatic N) is 1. The van der Waals surface area contributed by atoms with Crippen LogP contribution in [0, 0.1) is 5.92 Å². The van der Waals surface area contributed by atoms with Crippen LogP contribution in [0.5, 0.6) is 5.75 Å². The van der Waals surface area contributed by atoms with Crippen LogP contribution >= 0.6 is 11.6 Å². The third-order valence-electron chi connectivity index (χ3n) is 4.44. The van der Waals surface area contributed by atoms with Crippen molar-refractivity contribution in [3.8, 4) is 5.75 Å². The van der Waals surface area contributed by atoms with Gasteiger partial charge in [0, 0.05) is 18.1 Å². The second kappa shape index (κ2) is 8.02. The summed E-state index contributed by atoms with van der Waals surface area (Å²) >= 11 is 5.79.